The van der Waals surface area contributed by atoms with Crippen molar-refractivity contribution in [3.8, 4) is 6.07 Å². The normalized spacial score (nSPS) is 11.9. The molecule has 0 radical (unpaired) electrons. The van der Waals surface area contributed by atoms with Gasteiger partial charge in [-0.15, -0.1) is 0 Å². The molecule has 0 bridgehead atoms. The molecule has 0 aromatic heterocycles. The smallest absolute Gasteiger partial charge is 0.121 e. The zero-order valence-electron chi connectivity index (χ0n) is 10.9. The first-order valence-corrected chi connectivity index (χ1v) is 6.24. The Balaban J connectivity index is 2.83. The van der Waals surface area contributed by atoms with Crippen LogP contribution >= 0.6 is 0 Å². The van der Waals surface area contributed by atoms with Crippen molar-refractivity contribution in [2.24, 2.45) is 0 Å². The maximum atomic E-state index is 9.06. The van der Waals surface area contributed by atoms with Gasteiger partial charge in [0.1, 0.15) is 6.04 Å². The summed E-state index contributed by atoms with van der Waals surface area (Å²) in [6.07, 6.45) is 0. The number of hydrogen-bond donors (Lipinski definition) is 1. The van der Waals surface area contributed by atoms with E-state index in [1.807, 2.05) is 19.1 Å². The third-order valence-corrected chi connectivity index (χ3v) is 2.89. The van der Waals surface area contributed by atoms with Gasteiger partial charge in [-0.05, 0) is 38.1 Å². The van der Waals surface area contributed by atoms with Crippen molar-refractivity contribution >= 4 is 5.69 Å². The van der Waals surface area contributed by atoms with Crippen LogP contribution in [0.15, 0.2) is 24.3 Å². The van der Waals surface area contributed by atoms with Gasteiger partial charge < -0.3 is 4.90 Å². The first-order chi connectivity index (χ1) is 8.26. The fourth-order valence-corrected chi connectivity index (χ4v) is 1.91. The third-order valence-electron chi connectivity index (χ3n) is 2.89. The Kier molecular flexibility index (Phi) is 5.51. The van der Waals surface area contributed by atoms with Crippen molar-refractivity contribution in [3.63, 3.8) is 0 Å². The van der Waals surface area contributed by atoms with E-state index >= 15 is 0 Å². The Hall–Kier alpha value is -1.53. The van der Waals surface area contributed by atoms with Gasteiger partial charge >= 0.3 is 0 Å². The van der Waals surface area contributed by atoms with Crippen molar-refractivity contribution in [3.05, 3.63) is 29.8 Å². The fraction of sp³-hybridized carbons (Fsp3) is 0.500. The summed E-state index contributed by atoms with van der Waals surface area (Å²) in [5.41, 5.74) is 2.25. The summed E-state index contributed by atoms with van der Waals surface area (Å²) in [6, 6.07) is 10.3. The Morgan fingerprint density at radius 1 is 1.18 bits per heavy atom. The molecule has 92 valence electrons. The van der Waals surface area contributed by atoms with Crippen LogP contribution in [0.2, 0.25) is 0 Å². The second-order valence-corrected chi connectivity index (χ2v) is 3.88. The standard InChI is InChI=1S/C14H21N3/c1-4-16-14(11-15)12-7-9-13(10-8-12)17(5-2)6-3/h7-10,14,16H,4-6H2,1-3H3. The summed E-state index contributed by atoms with van der Waals surface area (Å²) in [4.78, 5) is 2.29. The summed E-state index contributed by atoms with van der Waals surface area (Å²) in [5.74, 6) is 0. The molecular formula is C14H21N3. The minimum Gasteiger partial charge on any atom is -0.372 e. The highest BCUT2D eigenvalue weighted by molar-refractivity contribution is 5.48. The predicted octanol–water partition coefficient (Wildman–Crippen LogP) is 2.71. The third kappa shape index (κ3) is 3.47. The molecule has 0 heterocycles. The SMILES string of the molecule is CCNC(C#N)c1ccc(N(CC)CC)cc1. The van der Waals surface area contributed by atoms with Crippen LogP contribution in [0.25, 0.3) is 0 Å². The van der Waals surface area contributed by atoms with Gasteiger partial charge in [0.05, 0.1) is 6.07 Å². The van der Waals surface area contributed by atoms with Crippen LogP contribution in [0.3, 0.4) is 0 Å². The van der Waals surface area contributed by atoms with Crippen LogP contribution in [-0.4, -0.2) is 19.6 Å². The number of rotatable bonds is 6. The number of nitriles is 1. The van der Waals surface area contributed by atoms with Gasteiger partial charge in [-0.3, -0.25) is 5.32 Å². The van der Waals surface area contributed by atoms with Gasteiger partial charge in [0.25, 0.3) is 0 Å². The van der Waals surface area contributed by atoms with Crippen LogP contribution in [-0.2, 0) is 0 Å². The van der Waals surface area contributed by atoms with Crippen molar-refractivity contribution in [1.82, 2.24) is 5.32 Å². The Morgan fingerprint density at radius 3 is 2.18 bits per heavy atom. The minimum absolute atomic E-state index is 0.203. The van der Waals surface area contributed by atoms with Crippen molar-refractivity contribution in [2.45, 2.75) is 26.8 Å². The van der Waals surface area contributed by atoms with Crippen LogP contribution in [0.5, 0.6) is 0 Å². The van der Waals surface area contributed by atoms with Crippen LogP contribution < -0.4 is 10.2 Å². The number of benzene rings is 1. The molecule has 0 fully saturated rings. The maximum absolute atomic E-state index is 9.06. The lowest BCUT2D eigenvalue weighted by atomic mass is 10.1. The van der Waals surface area contributed by atoms with E-state index in [1.54, 1.807) is 0 Å². The first-order valence-electron chi connectivity index (χ1n) is 6.24. The molecule has 0 aliphatic rings. The molecule has 17 heavy (non-hydrogen) atoms. The van der Waals surface area contributed by atoms with Gasteiger partial charge in [-0.2, -0.15) is 5.26 Å². The molecule has 0 aliphatic carbocycles. The number of anilines is 1. The summed E-state index contributed by atoms with van der Waals surface area (Å²) < 4.78 is 0. The molecule has 0 saturated heterocycles. The summed E-state index contributed by atoms with van der Waals surface area (Å²) >= 11 is 0. The van der Waals surface area contributed by atoms with Gasteiger partial charge in [0.15, 0.2) is 0 Å². The molecule has 1 N–H and O–H groups in total. The summed E-state index contributed by atoms with van der Waals surface area (Å²) in [7, 11) is 0. The monoisotopic (exact) mass is 231 g/mol. The summed E-state index contributed by atoms with van der Waals surface area (Å²) in [6.45, 7) is 9.11. The highest BCUT2D eigenvalue weighted by Crippen LogP contribution is 2.18. The Labute approximate surface area is 104 Å². The van der Waals surface area contributed by atoms with Crippen LogP contribution in [0, 0.1) is 11.3 Å². The zero-order valence-corrected chi connectivity index (χ0v) is 10.9. The molecule has 1 rings (SSSR count). The fourth-order valence-electron chi connectivity index (χ4n) is 1.91. The topological polar surface area (TPSA) is 39.1 Å². The van der Waals surface area contributed by atoms with E-state index in [-0.39, 0.29) is 6.04 Å². The molecule has 0 saturated carbocycles. The molecule has 1 aromatic carbocycles. The second kappa shape index (κ2) is 6.93. The molecule has 3 heteroatoms. The first kappa shape index (κ1) is 13.5. The van der Waals surface area contributed by atoms with Crippen molar-refractivity contribution in [1.29, 1.82) is 5.26 Å². The quantitative estimate of drug-likeness (QED) is 0.818. The molecule has 0 aliphatic heterocycles. The minimum atomic E-state index is -0.203. The van der Waals surface area contributed by atoms with Crippen LogP contribution in [0.4, 0.5) is 5.69 Å². The van der Waals surface area contributed by atoms with Crippen molar-refractivity contribution < 1.29 is 0 Å². The average Bonchev–Trinajstić information content (AvgIpc) is 2.38. The van der Waals surface area contributed by atoms with E-state index in [9.17, 15) is 0 Å². The lowest BCUT2D eigenvalue weighted by Gasteiger charge is -2.21. The van der Waals surface area contributed by atoms with Gasteiger partial charge in [0, 0.05) is 18.8 Å². The van der Waals surface area contributed by atoms with Crippen LogP contribution in [0.1, 0.15) is 32.4 Å². The Bertz CT molecular complexity index is 360. The summed E-state index contributed by atoms with van der Waals surface area (Å²) in [5, 5.41) is 12.2. The lowest BCUT2D eigenvalue weighted by molar-refractivity contribution is 0.658. The number of nitrogens with one attached hydrogen (secondary N) is 1. The average molecular weight is 231 g/mol. The highest BCUT2D eigenvalue weighted by atomic mass is 15.1. The van der Waals surface area contributed by atoms with E-state index in [0.717, 1.165) is 25.2 Å². The van der Waals surface area contributed by atoms with E-state index in [4.69, 9.17) is 5.26 Å². The van der Waals surface area contributed by atoms with E-state index in [0.29, 0.717) is 0 Å². The van der Waals surface area contributed by atoms with Gasteiger partial charge in [-0.1, -0.05) is 19.1 Å². The van der Waals surface area contributed by atoms with Crippen molar-refractivity contribution in [2.75, 3.05) is 24.5 Å². The molecule has 1 unspecified atom stereocenters. The molecular weight excluding hydrogens is 210 g/mol. The van der Waals surface area contributed by atoms with E-state index in [1.165, 1.54) is 5.69 Å². The van der Waals surface area contributed by atoms with E-state index < -0.39 is 0 Å². The highest BCUT2D eigenvalue weighted by Gasteiger charge is 2.09. The molecule has 3 nitrogen and oxygen atoms in total. The zero-order chi connectivity index (χ0) is 12.7. The van der Waals surface area contributed by atoms with E-state index in [2.05, 4.69) is 42.3 Å². The lowest BCUT2D eigenvalue weighted by Crippen LogP contribution is -2.22. The number of nitrogens with zero attached hydrogens (tertiary/aromatic N) is 2. The molecule has 0 amide bonds. The maximum Gasteiger partial charge on any atom is 0.121 e. The largest absolute Gasteiger partial charge is 0.372 e. The molecule has 1 aromatic rings. The predicted molar refractivity (Wildman–Crippen MR) is 72.0 cm³/mol. The molecule has 1 atom stereocenters. The van der Waals surface area contributed by atoms with Gasteiger partial charge in [-0.25, -0.2) is 0 Å². The number of hydrogen-bond acceptors (Lipinski definition) is 3. The van der Waals surface area contributed by atoms with Gasteiger partial charge in [0.2, 0.25) is 0 Å². The second-order valence-electron chi connectivity index (χ2n) is 3.88. The Morgan fingerprint density at radius 2 is 1.76 bits per heavy atom. The molecule has 0 spiro atoms.